The van der Waals surface area contributed by atoms with E-state index in [1.165, 1.54) is 0 Å². The van der Waals surface area contributed by atoms with Crippen LogP contribution in [0.4, 0.5) is 8.78 Å². The molecule has 0 saturated carbocycles. The second-order valence-corrected chi connectivity index (χ2v) is 4.34. The molecule has 17 heavy (non-hydrogen) atoms. The predicted octanol–water partition coefficient (Wildman–Crippen LogP) is 2.24. The van der Waals surface area contributed by atoms with Gasteiger partial charge in [-0.15, -0.1) is 0 Å². The Hall–Kier alpha value is -1.96. The Labute approximate surface area is 98.1 Å². The van der Waals surface area contributed by atoms with Crippen molar-refractivity contribution in [1.82, 2.24) is 5.32 Å². The Bertz CT molecular complexity index is 458. The van der Waals surface area contributed by atoms with E-state index in [1.807, 2.05) is 6.07 Å². The molecule has 1 aromatic carbocycles. The van der Waals surface area contributed by atoms with E-state index < -0.39 is 23.0 Å². The van der Waals surface area contributed by atoms with E-state index in [4.69, 9.17) is 5.26 Å². The van der Waals surface area contributed by atoms with Crippen molar-refractivity contribution in [3.63, 3.8) is 0 Å². The third-order valence-electron chi connectivity index (χ3n) is 2.12. The fraction of sp³-hybridized carbons (Fsp3) is 0.333. The number of hydrogen-bond donors (Lipinski definition) is 1. The molecule has 0 fully saturated rings. The van der Waals surface area contributed by atoms with Crippen LogP contribution in [0, 0.1) is 28.4 Å². The first kappa shape index (κ1) is 13.1. The molecule has 0 radical (unpaired) electrons. The molecule has 1 rings (SSSR count). The van der Waals surface area contributed by atoms with Gasteiger partial charge in [-0.05, 0) is 26.0 Å². The van der Waals surface area contributed by atoms with Crippen LogP contribution >= 0.6 is 0 Å². The lowest BCUT2D eigenvalue weighted by Crippen LogP contribution is -2.33. The molecule has 1 amide bonds. The first-order valence-corrected chi connectivity index (χ1v) is 4.99. The monoisotopic (exact) mass is 238 g/mol. The first-order valence-electron chi connectivity index (χ1n) is 4.99. The number of rotatable bonds is 3. The number of nitrogens with zero attached hydrogens (tertiary/aromatic N) is 1. The van der Waals surface area contributed by atoms with Gasteiger partial charge in [-0.1, -0.05) is 0 Å². The van der Waals surface area contributed by atoms with Gasteiger partial charge in [0, 0.05) is 18.2 Å². The van der Waals surface area contributed by atoms with Crippen LogP contribution in [0.2, 0.25) is 0 Å². The molecule has 5 heteroatoms. The highest BCUT2D eigenvalue weighted by atomic mass is 19.1. The molecule has 0 bridgehead atoms. The van der Waals surface area contributed by atoms with Crippen LogP contribution in [-0.4, -0.2) is 12.5 Å². The molecule has 0 spiro atoms. The van der Waals surface area contributed by atoms with Crippen molar-refractivity contribution < 1.29 is 13.6 Å². The molecule has 0 atom stereocenters. The molecule has 0 saturated heterocycles. The highest BCUT2D eigenvalue weighted by Crippen LogP contribution is 2.12. The average Bonchev–Trinajstić information content (AvgIpc) is 2.24. The zero-order valence-electron chi connectivity index (χ0n) is 9.55. The smallest absolute Gasteiger partial charge is 0.251 e. The second-order valence-electron chi connectivity index (χ2n) is 4.34. The van der Waals surface area contributed by atoms with Crippen molar-refractivity contribution in [2.45, 2.75) is 13.8 Å². The van der Waals surface area contributed by atoms with Gasteiger partial charge in [0.2, 0.25) is 0 Å². The fourth-order valence-electron chi connectivity index (χ4n) is 1.13. The molecule has 0 unspecified atom stereocenters. The van der Waals surface area contributed by atoms with Gasteiger partial charge in [0.1, 0.15) is 11.6 Å². The van der Waals surface area contributed by atoms with Gasteiger partial charge in [-0.25, -0.2) is 8.78 Å². The Kier molecular flexibility index (Phi) is 3.79. The van der Waals surface area contributed by atoms with Gasteiger partial charge in [0.25, 0.3) is 5.91 Å². The Morgan fingerprint density at radius 3 is 2.35 bits per heavy atom. The first-order chi connectivity index (χ1) is 7.84. The highest BCUT2D eigenvalue weighted by Gasteiger charge is 2.18. The molecule has 0 aliphatic heterocycles. The van der Waals surface area contributed by atoms with E-state index in [2.05, 4.69) is 5.32 Å². The molecule has 90 valence electrons. The van der Waals surface area contributed by atoms with Gasteiger partial charge in [0.05, 0.1) is 11.5 Å². The number of nitrogens with one attached hydrogen (secondary N) is 1. The molecule has 1 N–H and O–H groups in total. The summed E-state index contributed by atoms with van der Waals surface area (Å²) in [6.07, 6.45) is 0. The Morgan fingerprint density at radius 1 is 1.35 bits per heavy atom. The van der Waals surface area contributed by atoms with Crippen LogP contribution in [0.5, 0.6) is 0 Å². The third kappa shape index (κ3) is 3.83. The molecule has 0 aliphatic carbocycles. The summed E-state index contributed by atoms with van der Waals surface area (Å²) in [5, 5.41) is 11.2. The summed E-state index contributed by atoms with van der Waals surface area (Å²) in [6, 6.07) is 4.58. The Balaban J connectivity index is 2.75. The summed E-state index contributed by atoms with van der Waals surface area (Å²) in [7, 11) is 0. The van der Waals surface area contributed by atoms with Crippen molar-refractivity contribution >= 4 is 5.91 Å². The summed E-state index contributed by atoms with van der Waals surface area (Å²) in [5.41, 5.74) is -0.821. The summed E-state index contributed by atoms with van der Waals surface area (Å²) in [5.74, 6) is -2.23. The number of hydrogen-bond acceptors (Lipinski definition) is 2. The largest absolute Gasteiger partial charge is 0.350 e. The van der Waals surface area contributed by atoms with E-state index >= 15 is 0 Å². The minimum Gasteiger partial charge on any atom is -0.350 e. The standard InChI is InChI=1S/C12H12F2N2O/c1-12(2,6-15)7-16-11(17)8-3-9(13)5-10(14)4-8/h3-5H,7H2,1-2H3,(H,16,17). The second kappa shape index (κ2) is 4.91. The SMILES string of the molecule is CC(C)(C#N)CNC(=O)c1cc(F)cc(F)c1. The van der Waals surface area contributed by atoms with Gasteiger partial charge < -0.3 is 5.32 Å². The lowest BCUT2D eigenvalue weighted by Gasteiger charge is -2.15. The van der Waals surface area contributed by atoms with Crippen molar-refractivity contribution in [2.75, 3.05) is 6.54 Å². The number of carbonyl (C=O) groups is 1. The summed E-state index contributed by atoms with van der Waals surface area (Å²) in [4.78, 5) is 11.6. The van der Waals surface area contributed by atoms with Crippen LogP contribution in [0.15, 0.2) is 18.2 Å². The maximum atomic E-state index is 12.9. The van der Waals surface area contributed by atoms with E-state index in [-0.39, 0.29) is 12.1 Å². The summed E-state index contributed by atoms with van der Waals surface area (Å²) >= 11 is 0. The van der Waals surface area contributed by atoms with Gasteiger partial charge in [-0.2, -0.15) is 5.26 Å². The zero-order valence-corrected chi connectivity index (χ0v) is 9.55. The minimum atomic E-state index is -0.810. The molecule has 0 heterocycles. The minimum absolute atomic E-state index is 0.101. The fourth-order valence-corrected chi connectivity index (χ4v) is 1.13. The molecule has 1 aromatic rings. The highest BCUT2D eigenvalue weighted by molar-refractivity contribution is 5.94. The number of amides is 1. The third-order valence-corrected chi connectivity index (χ3v) is 2.12. The predicted molar refractivity (Wildman–Crippen MR) is 58.1 cm³/mol. The van der Waals surface area contributed by atoms with Gasteiger partial charge >= 0.3 is 0 Å². The number of nitriles is 1. The van der Waals surface area contributed by atoms with Crippen LogP contribution < -0.4 is 5.32 Å². The van der Waals surface area contributed by atoms with Crippen LogP contribution in [0.3, 0.4) is 0 Å². The zero-order chi connectivity index (χ0) is 13.1. The van der Waals surface area contributed by atoms with Gasteiger partial charge in [-0.3, -0.25) is 4.79 Å². The number of carbonyl (C=O) groups excluding carboxylic acids is 1. The lowest BCUT2D eigenvalue weighted by molar-refractivity contribution is 0.0943. The molecule has 3 nitrogen and oxygen atoms in total. The summed E-state index contributed by atoms with van der Waals surface area (Å²) < 4.78 is 25.7. The van der Waals surface area contributed by atoms with E-state index in [1.54, 1.807) is 13.8 Å². The van der Waals surface area contributed by atoms with E-state index in [0.717, 1.165) is 12.1 Å². The quantitative estimate of drug-likeness (QED) is 0.878. The van der Waals surface area contributed by atoms with Crippen LogP contribution in [-0.2, 0) is 0 Å². The van der Waals surface area contributed by atoms with Gasteiger partial charge in [0.15, 0.2) is 0 Å². The Morgan fingerprint density at radius 2 is 1.88 bits per heavy atom. The van der Waals surface area contributed by atoms with Crippen molar-refractivity contribution in [3.8, 4) is 6.07 Å². The lowest BCUT2D eigenvalue weighted by atomic mass is 9.96. The van der Waals surface area contributed by atoms with Crippen molar-refractivity contribution in [1.29, 1.82) is 5.26 Å². The molecular formula is C12H12F2N2O. The maximum absolute atomic E-state index is 12.9. The van der Waals surface area contributed by atoms with Crippen molar-refractivity contribution in [2.24, 2.45) is 5.41 Å². The topological polar surface area (TPSA) is 52.9 Å². The average molecular weight is 238 g/mol. The number of benzene rings is 1. The summed E-state index contributed by atoms with van der Waals surface area (Å²) in [6.45, 7) is 3.42. The molecular weight excluding hydrogens is 226 g/mol. The molecule has 0 aliphatic rings. The van der Waals surface area contributed by atoms with Crippen molar-refractivity contribution in [3.05, 3.63) is 35.4 Å². The van der Waals surface area contributed by atoms with E-state index in [0.29, 0.717) is 6.07 Å². The van der Waals surface area contributed by atoms with Crippen LogP contribution in [0.25, 0.3) is 0 Å². The maximum Gasteiger partial charge on any atom is 0.251 e. The number of halogens is 2. The van der Waals surface area contributed by atoms with E-state index in [9.17, 15) is 13.6 Å². The normalized spacial score (nSPS) is 10.8. The molecule has 0 aromatic heterocycles. The van der Waals surface area contributed by atoms with Crippen LogP contribution in [0.1, 0.15) is 24.2 Å².